The highest BCUT2D eigenvalue weighted by atomic mass is 16.5. The van der Waals surface area contributed by atoms with E-state index >= 15 is 0 Å². The van der Waals surface area contributed by atoms with E-state index in [9.17, 15) is 14.7 Å². The molecule has 0 saturated heterocycles. The lowest BCUT2D eigenvalue weighted by atomic mass is 9.50. The van der Waals surface area contributed by atoms with Gasteiger partial charge in [0.15, 0.2) is 0 Å². The molecule has 2 saturated carbocycles. The Kier molecular flexibility index (Phi) is 7.98. The van der Waals surface area contributed by atoms with Crippen LogP contribution >= 0.6 is 0 Å². The normalized spacial score (nSPS) is 35.3. The lowest BCUT2D eigenvalue weighted by molar-refractivity contribution is -0.163. The van der Waals surface area contributed by atoms with Crippen molar-refractivity contribution in [3.63, 3.8) is 0 Å². The highest BCUT2D eigenvalue weighted by molar-refractivity contribution is 5.81. The van der Waals surface area contributed by atoms with Crippen molar-refractivity contribution in [3.8, 4) is 0 Å². The van der Waals surface area contributed by atoms with Crippen LogP contribution in [0.2, 0.25) is 0 Å². The molecule has 5 unspecified atom stereocenters. The number of rotatable bonds is 8. The molecule has 0 aliphatic heterocycles. The minimum atomic E-state index is -0.849. The van der Waals surface area contributed by atoms with Crippen molar-refractivity contribution in [2.24, 2.45) is 34.5 Å². The molecule has 0 aromatic heterocycles. The molecular formula is C24H42O4. The molecule has 0 spiro atoms. The van der Waals surface area contributed by atoms with Crippen molar-refractivity contribution >= 4 is 11.9 Å². The zero-order valence-electron chi connectivity index (χ0n) is 18.8. The van der Waals surface area contributed by atoms with Gasteiger partial charge in [-0.3, -0.25) is 9.59 Å². The molecule has 2 aliphatic carbocycles. The van der Waals surface area contributed by atoms with Crippen LogP contribution in [-0.2, 0) is 14.3 Å². The van der Waals surface area contributed by atoms with Crippen LogP contribution in [0.25, 0.3) is 0 Å². The van der Waals surface area contributed by atoms with E-state index in [-0.39, 0.29) is 11.4 Å². The minimum absolute atomic E-state index is 0.242. The lowest BCUT2D eigenvalue weighted by Crippen LogP contribution is -2.49. The van der Waals surface area contributed by atoms with Gasteiger partial charge in [0.05, 0.1) is 18.4 Å². The zero-order chi connectivity index (χ0) is 20.9. The quantitative estimate of drug-likeness (QED) is 0.400. The Balaban J connectivity index is 1.99. The van der Waals surface area contributed by atoms with Crippen LogP contribution in [0, 0.1) is 34.5 Å². The molecule has 1 N–H and O–H groups in total. The molecule has 0 radical (unpaired) electrons. The van der Waals surface area contributed by atoms with Crippen LogP contribution in [0.3, 0.4) is 0 Å². The second-order valence-electron chi connectivity index (χ2n) is 10.3. The molecule has 2 fully saturated rings. The van der Waals surface area contributed by atoms with Crippen LogP contribution in [0.4, 0.5) is 0 Å². The number of unbranched alkanes of at least 4 members (excludes halogenated alkanes) is 2. The van der Waals surface area contributed by atoms with Gasteiger partial charge in [-0.25, -0.2) is 0 Å². The average Bonchev–Trinajstić information content (AvgIpc) is 2.66. The molecule has 4 heteroatoms. The van der Waals surface area contributed by atoms with Gasteiger partial charge in [0.1, 0.15) is 0 Å². The Bertz CT molecular complexity index is 541. The summed E-state index contributed by atoms with van der Waals surface area (Å²) in [4.78, 5) is 24.2. The predicted octanol–water partition coefficient (Wildman–Crippen LogP) is 6.08. The number of aliphatic carboxylic acids is 1. The summed E-state index contributed by atoms with van der Waals surface area (Å²) in [6.07, 6.45) is 10.3. The maximum atomic E-state index is 12.7. The predicted molar refractivity (Wildman–Crippen MR) is 112 cm³/mol. The van der Waals surface area contributed by atoms with E-state index in [2.05, 4.69) is 34.6 Å². The lowest BCUT2D eigenvalue weighted by Gasteiger charge is -2.55. The number of hydrogen-bond donors (Lipinski definition) is 1. The van der Waals surface area contributed by atoms with Gasteiger partial charge in [-0.2, -0.15) is 0 Å². The molecule has 28 heavy (non-hydrogen) atoms. The third-order valence-electron chi connectivity index (χ3n) is 8.52. The fraction of sp³-hybridized carbons (Fsp3) is 0.917. The van der Waals surface area contributed by atoms with Gasteiger partial charge in [-0.15, -0.1) is 0 Å². The van der Waals surface area contributed by atoms with Crippen LogP contribution in [0.15, 0.2) is 0 Å². The number of carboxylic acids is 1. The highest BCUT2D eigenvalue weighted by Gasteiger charge is 2.50. The Labute approximate surface area is 171 Å². The summed E-state index contributed by atoms with van der Waals surface area (Å²) in [6.45, 7) is 12.3. The largest absolute Gasteiger partial charge is 0.481 e. The van der Waals surface area contributed by atoms with Crippen molar-refractivity contribution in [2.75, 3.05) is 6.61 Å². The fourth-order valence-corrected chi connectivity index (χ4v) is 5.76. The Morgan fingerprint density at radius 3 is 2.29 bits per heavy atom. The zero-order valence-corrected chi connectivity index (χ0v) is 18.8. The molecule has 0 heterocycles. The van der Waals surface area contributed by atoms with Crippen LogP contribution in [-0.4, -0.2) is 23.7 Å². The van der Waals surface area contributed by atoms with Crippen molar-refractivity contribution in [3.05, 3.63) is 0 Å². The van der Waals surface area contributed by atoms with E-state index in [1.165, 1.54) is 25.7 Å². The van der Waals surface area contributed by atoms with Gasteiger partial charge >= 0.3 is 11.9 Å². The standard InChI is InChI=1S/C24H42O4/c1-6-7-10-14-24(5)17(2)18(13-15-23(24,3)4)16-28-22(27)20-12-9-8-11-19(20)21(25)26/h17-20H,6-16H2,1-5H3,(H,25,26). The van der Waals surface area contributed by atoms with E-state index in [0.717, 1.165) is 25.7 Å². The number of carboxylic acid groups (broad SMARTS) is 1. The summed E-state index contributed by atoms with van der Waals surface area (Å²) < 4.78 is 5.76. The van der Waals surface area contributed by atoms with Crippen molar-refractivity contribution in [2.45, 2.75) is 98.8 Å². The molecule has 5 atom stereocenters. The monoisotopic (exact) mass is 394 g/mol. The summed E-state index contributed by atoms with van der Waals surface area (Å²) in [6, 6.07) is 0. The Hall–Kier alpha value is -1.06. The molecule has 4 nitrogen and oxygen atoms in total. The second-order valence-corrected chi connectivity index (χ2v) is 10.3. The van der Waals surface area contributed by atoms with Gasteiger partial charge in [-0.05, 0) is 54.8 Å². The molecule has 162 valence electrons. The molecular weight excluding hydrogens is 352 g/mol. The van der Waals surface area contributed by atoms with Crippen molar-refractivity contribution in [1.29, 1.82) is 0 Å². The van der Waals surface area contributed by atoms with E-state index in [4.69, 9.17) is 4.74 Å². The first kappa shape index (κ1) is 23.2. The maximum Gasteiger partial charge on any atom is 0.309 e. The van der Waals surface area contributed by atoms with Crippen molar-refractivity contribution < 1.29 is 19.4 Å². The first-order chi connectivity index (χ1) is 13.1. The topological polar surface area (TPSA) is 63.6 Å². The van der Waals surface area contributed by atoms with E-state index in [1.807, 2.05) is 0 Å². The summed E-state index contributed by atoms with van der Waals surface area (Å²) >= 11 is 0. The molecule has 0 aromatic rings. The number of hydrogen-bond acceptors (Lipinski definition) is 3. The summed E-state index contributed by atoms with van der Waals surface area (Å²) in [7, 11) is 0. The average molecular weight is 395 g/mol. The highest BCUT2D eigenvalue weighted by Crippen LogP contribution is 2.57. The molecule has 0 bridgehead atoms. The minimum Gasteiger partial charge on any atom is -0.481 e. The summed E-state index contributed by atoms with van der Waals surface area (Å²) in [5.41, 5.74) is 0.532. The summed E-state index contributed by atoms with van der Waals surface area (Å²) in [5.74, 6) is -1.30. The molecule has 2 aliphatic rings. The SMILES string of the molecule is CCCCCC1(C)C(C)C(COC(=O)C2CCCCC2C(=O)O)CCC1(C)C. The number of ether oxygens (including phenoxy) is 1. The molecule has 0 aromatic carbocycles. The first-order valence-corrected chi connectivity index (χ1v) is 11.5. The fourth-order valence-electron chi connectivity index (χ4n) is 5.76. The van der Waals surface area contributed by atoms with Crippen LogP contribution in [0.1, 0.15) is 98.8 Å². The van der Waals surface area contributed by atoms with E-state index in [0.29, 0.717) is 36.7 Å². The van der Waals surface area contributed by atoms with Gasteiger partial charge in [-0.1, -0.05) is 66.7 Å². The number of carbonyl (C=O) groups excluding carboxylic acids is 1. The van der Waals surface area contributed by atoms with Gasteiger partial charge in [0.25, 0.3) is 0 Å². The molecule has 0 amide bonds. The number of carbonyl (C=O) groups is 2. The summed E-state index contributed by atoms with van der Waals surface area (Å²) in [5, 5.41) is 9.44. The van der Waals surface area contributed by atoms with E-state index < -0.39 is 17.8 Å². The Morgan fingerprint density at radius 1 is 1.04 bits per heavy atom. The van der Waals surface area contributed by atoms with Crippen LogP contribution in [0.5, 0.6) is 0 Å². The number of esters is 1. The van der Waals surface area contributed by atoms with Crippen LogP contribution < -0.4 is 0 Å². The van der Waals surface area contributed by atoms with Gasteiger partial charge < -0.3 is 9.84 Å². The maximum absolute atomic E-state index is 12.7. The molecule has 2 rings (SSSR count). The van der Waals surface area contributed by atoms with Gasteiger partial charge in [0.2, 0.25) is 0 Å². The third kappa shape index (κ3) is 4.91. The van der Waals surface area contributed by atoms with Gasteiger partial charge in [0, 0.05) is 0 Å². The first-order valence-electron chi connectivity index (χ1n) is 11.5. The third-order valence-corrected chi connectivity index (χ3v) is 8.52. The smallest absolute Gasteiger partial charge is 0.309 e. The Morgan fingerprint density at radius 2 is 1.68 bits per heavy atom. The second kappa shape index (κ2) is 9.63. The van der Waals surface area contributed by atoms with Crippen molar-refractivity contribution in [1.82, 2.24) is 0 Å². The van der Waals surface area contributed by atoms with E-state index in [1.54, 1.807) is 0 Å².